The van der Waals surface area contributed by atoms with E-state index in [0.717, 1.165) is 12.2 Å². The highest BCUT2D eigenvalue weighted by Gasteiger charge is 2.22. The molecular formula is C15H27N3O. The van der Waals surface area contributed by atoms with Crippen molar-refractivity contribution >= 4 is 0 Å². The third-order valence-corrected chi connectivity index (χ3v) is 3.97. The predicted molar refractivity (Wildman–Crippen MR) is 75.7 cm³/mol. The summed E-state index contributed by atoms with van der Waals surface area (Å²) in [6.45, 7) is 4.32. The molecule has 1 aromatic rings. The molecule has 0 aromatic carbocycles. The fraction of sp³-hybridized carbons (Fsp3) is 0.867. The summed E-state index contributed by atoms with van der Waals surface area (Å²) in [5, 5.41) is 4.17. The molecule has 19 heavy (non-hydrogen) atoms. The Morgan fingerprint density at radius 1 is 1.16 bits per heavy atom. The highest BCUT2D eigenvalue weighted by Crippen LogP contribution is 2.30. The SMILES string of the molecule is CC(C)C[C@H](N)c1nc(C2CCCCCCC2)no1. The first-order valence-corrected chi connectivity index (χ1v) is 7.76. The van der Waals surface area contributed by atoms with E-state index < -0.39 is 0 Å². The van der Waals surface area contributed by atoms with E-state index in [0.29, 0.717) is 17.7 Å². The summed E-state index contributed by atoms with van der Waals surface area (Å²) in [4.78, 5) is 4.56. The first-order valence-electron chi connectivity index (χ1n) is 7.76. The van der Waals surface area contributed by atoms with Crippen molar-refractivity contribution in [3.63, 3.8) is 0 Å². The van der Waals surface area contributed by atoms with Gasteiger partial charge in [-0.2, -0.15) is 4.98 Å². The molecule has 2 N–H and O–H groups in total. The lowest BCUT2D eigenvalue weighted by atomic mass is 9.91. The smallest absolute Gasteiger partial charge is 0.243 e. The summed E-state index contributed by atoms with van der Waals surface area (Å²) in [6.07, 6.45) is 9.91. The van der Waals surface area contributed by atoms with Gasteiger partial charge >= 0.3 is 0 Å². The van der Waals surface area contributed by atoms with Crippen LogP contribution < -0.4 is 5.73 Å². The van der Waals surface area contributed by atoms with Gasteiger partial charge in [-0.05, 0) is 25.2 Å². The molecule has 1 saturated carbocycles. The van der Waals surface area contributed by atoms with Crippen molar-refractivity contribution in [3.05, 3.63) is 11.7 Å². The van der Waals surface area contributed by atoms with Crippen LogP contribution in [-0.2, 0) is 0 Å². The predicted octanol–water partition coefficient (Wildman–Crippen LogP) is 3.94. The van der Waals surface area contributed by atoms with Crippen LogP contribution in [0.25, 0.3) is 0 Å². The van der Waals surface area contributed by atoms with Gasteiger partial charge in [0.05, 0.1) is 6.04 Å². The molecule has 0 spiro atoms. The number of hydrogen-bond acceptors (Lipinski definition) is 4. The second kappa shape index (κ2) is 7.04. The fourth-order valence-electron chi connectivity index (χ4n) is 2.89. The number of rotatable bonds is 4. The summed E-state index contributed by atoms with van der Waals surface area (Å²) >= 11 is 0. The summed E-state index contributed by atoms with van der Waals surface area (Å²) in [5.74, 6) is 2.53. The van der Waals surface area contributed by atoms with Crippen molar-refractivity contribution in [2.75, 3.05) is 0 Å². The van der Waals surface area contributed by atoms with E-state index in [1.165, 1.54) is 44.9 Å². The van der Waals surface area contributed by atoms with Gasteiger partial charge in [-0.15, -0.1) is 0 Å². The second-order valence-corrected chi connectivity index (χ2v) is 6.27. The maximum Gasteiger partial charge on any atom is 0.243 e. The zero-order chi connectivity index (χ0) is 13.7. The summed E-state index contributed by atoms with van der Waals surface area (Å²) in [5.41, 5.74) is 6.10. The van der Waals surface area contributed by atoms with E-state index in [9.17, 15) is 0 Å². The third kappa shape index (κ3) is 4.30. The van der Waals surface area contributed by atoms with E-state index in [1.54, 1.807) is 0 Å². The van der Waals surface area contributed by atoms with Crippen LogP contribution in [0.4, 0.5) is 0 Å². The Bertz CT molecular complexity index is 367. The monoisotopic (exact) mass is 265 g/mol. The maximum atomic E-state index is 6.10. The molecule has 0 radical (unpaired) electrons. The molecule has 1 fully saturated rings. The summed E-state index contributed by atoms with van der Waals surface area (Å²) in [6, 6.07) is -0.116. The average Bonchev–Trinajstić information content (AvgIpc) is 2.76. The van der Waals surface area contributed by atoms with Gasteiger partial charge in [-0.3, -0.25) is 0 Å². The number of hydrogen-bond donors (Lipinski definition) is 1. The highest BCUT2D eigenvalue weighted by molar-refractivity contribution is 4.98. The topological polar surface area (TPSA) is 64.9 Å². The lowest BCUT2D eigenvalue weighted by Crippen LogP contribution is -2.13. The van der Waals surface area contributed by atoms with Gasteiger partial charge in [-0.1, -0.05) is 51.1 Å². The second-order valence-electron chi connectivity index (χ2n) is 6.27. The molecule has 0 unspecified atom stereocenters. The van der Waals surface area contributed by atoms with Crippen LogP contribution in [0.15, 0.2) is 4.52 Å². The van der Waals surface area contributed by atoms with Crippen LogP contribution in [0.3, 0.4) is 0 Å². The van der Waals surface area contributed by atoms with Crippen LogP contribution in [0.1, 0.15) is 88.9 Å². The standard InChI is InChI=1S/C15H27N3O/c1-11(2)10-13(16)15-17-14(18-19-15)12-8-6-4-3-5-7-9-12/h11-13H,3-10,16H2,1-2H3/t13-/m0/s1. The summed E-state index contributed by atoms with van der Waals surface area (Å²) in [7, 11) is 0. The molecule has 0 aliphatic heterocycles. The number of nitrogens with two attached hydrogens (primary N) is 1. The molecular weight excluding hydrogens is 238 g/mol. The van der Waals surface area contributed by atoms with Crippen LogP contribution >= 0.6 is 0 Å². The van der Waals surface area contributed by atoms with E-state index in [-0.39, 0.29) is 6.04 Å². The quantitative estimate of drug-likeness (QED) is 0.895. The minimum atomic E-state index is -0.116. The van der Waals surface area contributed by atoms with Crippen molar-refractivity contribution in [2.45, 2.75) is 77.2 Å². The van der Waals surface area contributed by atoms with Gasteiger partial charge in [0.2, 0.25) is 5.89 Å². The summed E-state index contributed by atoms with van der Waals surface area (Å²) < 4.78 is 5.37. The molecule has 1 aliphatic carbocycles. The molecule has 1 aromatic heterocycles. The van der Waals surface area contributed by atoms with Gasteiger partial charge < -0.3 is 10.3 Å². The molecule has 108 valence electrons. The van der Waals surface area contributed by atoms with Gasteiger partial charge in [-0.25, -0.2) is 0 Å². The average molecular weight is 265 g/mol. The largest absolute Gasteiger partial charge is 0.338 e. The first-order chi connectivity index (χ1) is 9.16. The van der Waals surface area contributed by atoms with Crippen LogP contribution in [-0.4, -0.2) is 10.1 Å². The lowest BCUT2D eigenvalue weighted by Gasteiger charge is -2.16. The van der Waals surface area contributed by atoms with Gasteiger partial charge in [0.25, 0.3) is 0 Å². The molecule has 2 rings (SSSR count). The Morgan fingerprint density at radius 2 is 1.79 bits per heavy atom. The van der Waals surface area contributed by atoms with Crippen molar-refractivity contribution in [3.8, 4) is 0 Å². The third-order valence-electron chi connectivity index (χ3n) is 3.97. The van der Waals surface area contributed by atoms with Crippen LogP contribution in [0.5, 0.6) is 0 Å². The van der Waals surface area contributed by atoms with Crippen molar-refractivity contribution < 1.29 is 4.52 Å². The lowest BCUT2D eigenvalue weighted by molar-refractivity contribution is 0.328. The van der Waals surface area contributed by atoms with Gasteiger partial charge in [0, 0.05) is 5.92 Å². The Hall–Kier alpha value is -0.900. The van der Waals surface area contributed by atoms with Crippen molar-refractivity contribution in [1.82, 2.24) is 10.1 Å². The Morgan fingerprint density at radius 3 is 2.42 bits per heavy atom. The fourth-order valence-corrected chi connectivity index (χ4v) is 2.89. The van der Waals surface area contributed by atoms with Gasteiger partial charge in [0.1, 0.15) is 0 Å². The zero-order valence-corrected chi connectivity index (χ0v) is 12.3. The molecule has 4 nitrogen and oxygen atoms in total. The maximum absolute atomic E-state index is 6.10. The normalized spacial score (nSPS) is 20.2. The van der Waals surface area contributed by atoms with E-state index in [1.807, 2.05) is 0 Å². The van der Waals surface area contributed by atoms with E-state index in [4.69, 9.17) is 10.3 Å². The van der Waals surface area contributed by atoms with Crippen molar-refractivity contribution in [1.29, 1.82) is 0 Å². The van der Waals surface area contributed by atoms with Gasteiger partial charge in [0.15, 0.2) is 5.82 Å². The Labute approximate surface area is 116 Å². The molecule has 1 heterocycles. The van der Waals surface area contributed by atoms with Crippen LogP contribution in [0, 0.1) is 5.92 Å². The first kappa shape index (κ1) is 14.5. The molecule has 1 aliphatic rings. The number of aromatic nitrogens is 2. The molecule has 4 heteroatoms. The highest BCUT2D eigenvalue weighted by atomic mass is 16.5. The Kier molecular flexibility index (Phi) is 5.37. The van der Waals surface area contributed by atoms with Crippen molar-refractivity contribution in [2.24, 2.45) is 11.7 Å². The van der Waals surface area contributed by atoms with E-state index in [2.05, 4.69) is 24.0 Å². The molecule has 0 saturated heterocycles. The molecule has 1 atom stereocenters. The zero-order valence-electron chi connectivity index (χ0n) is 12.3. The Balaban J connectivity index is 1.98. The molecule has 0 amide bonds. The number of nitrogens with zero attached hydrogens (tertiary/aromatic N) is 2. The minimum Gasteiger partial charge on any atom is -0.338 e. The van der Waals surface area contributed by atoms with Crippen LogP contribution in [0.2, 0.25) is 0 Å². The molecule has 0 bridgehead atoms. The minimum absolute atomic E-state index is 0.116. The van der Waals surface area contributed by atoms with E-state index >= 15 is 0 Å².